The van der Waals surface area contributed by atoms with E-state index in [-0.39, 0.29) is 10.3 Å². The summed E-state index contributed by atoms with van der Waals surface area (Å²) in [6.45, 7) is 5.39. The summed E-state index contributed by atoms with van der Waals surface area (Å²) in [5, 5.41) is 0. The number of benzene rings is 2. The molecule has 0 N–H and O–H groups in total. The summed E-state index contributed by atoms with van der Waals surface area (Å²) in [6.07, 6.45) is 0. The van der Waals surface area contributed by atoms with E-state index in [9.17, 15) is 8.42 Å². The third kappa shape index (κ3) is 3.49. The molecule has 0 aromatic heterocycles. The van der Waals surface area contributed by atoms with E-state index in [1.165, 1.54) is 0 Å². The maximum atomic E-state index is 12.5. The highest BCUT2D eigenvalue weighted by Crippen LogP contribution is 2.22. The minimum Gasteiger partial charge on any atom is -0.407 e. The second-order valence-corrected chi connectivity index (χ2v) is 8.45. The van der Waals surface area contributed by atoms with E-state index in [1.54, 1.807) is 54.6 Å². The van der Waals surface area contributed by atoms with Crippen LogP contribution in [0.5, 0.6) is 0 Å². The number of hydrogen-bond donors (Lipinski definition) is 0. The van der Waals surface area contributed by atoms with Crippen LogP contribution in [0.15, 0.2) is 64.4 Å². The first-order valence-electron chi connectivity index (χ1n) is 7.52. The molecule has 6 heteroatoms. The average molecular weight is 330 g/mol. The SMILES string of the molecule is CC1(C)COB(c2ccc(S(=O)(=O)c3ccccc3)cc2)OC1. The van der Waals surface area contributed by atoms with Gasteiger partial charge in [0.2, 0.25) is 9.84 Å². The second kappa shape index (κ2) is 6.11. The molecular weight excluding hydrogens is 311 g/mol. The van der Waals surface area contributed by atoms with Crippen molar-refractivity contribution < 1.29 is 17.7 Å². The van der Waals surface area contributed by atoms with Gasteiger partial charge in [0, 0.05) is 18.6 Å². The Morgan fingerprint density at radius 2 is 1.39 bits per heavy atom. The largest absolute Gasteiger partial charge is 0.493 e. The van der Waals surface area contributed by atoms with Gasteiger partial charge >= 0.3 is 7.12 Å². The molecule has 0 aliphatic carbocycles. The van der Waals surface area contributed by atoms with Crippen molar-refractivity contribution in [2.75, 3.05) is 13.2 Å². The van der Waals surface area contributed by atoms with E-state index in [4.69, 9.17) is 9.31 Å². The van der Waals surface area contributed by atoms with Crippen LogP contribution in [0, 0.1) is 5.41 Å². The van der Waals surface area contributed by atoms with Crippen molar-refractivity contribution in [3.05, 3.63) is 54.6 Å². The predicted molar refractivity (Wildman–Crippen MR) is 89.4 cm³/mol. The van der Waals surface area contributed by atoms with Gasteiger partial charge in [-0.25, -0.2) is 8.42 Å². The van der Waals surface area contributed by atoms with Gasteiger partial charge in [-0.2, -0.15) is 0 Å². The molecule has 2 aromatic carbocycles. The first kappa shape index (κ1) is 16.2. The van der Waals surface area contributed by atoms with E-state index >= 15 is 0 Å². The molecule has 0 saturated carbocycles. The Bertz CT molecular complexity index is 760. The van der Waals surface area contributed by atoms with Crippen LogP contribution in [0.2, 0.25) is 0 Å². The van der Waals surface area contributed by atoms with E-state index in [1.807, 2.05) is 0 Å². The summed E-state index contributed by atoms with van der Waals surface area (Å²) in [5.74, 6) is 0. The van der Waals surface area contributed by atoms with Gasteiger partial charge in [0.15, 0.2) is 0 Å². The Kier molecular flexibility index (Phi) is 4.32. The lowest BCUT2D eigenvalue weighted by Crippen LogP contribution is -2.47. The summed E-state index contributed by atoms with van der Waals surface area (Å²) < 4.78 is 36.5. The molecular formula is C17H19BO4S. The lowest BCUT2D eigenvalue weighted by molar-refractivity contribution is 0.0343. The topological polar surface area (TPSA) is 52.6 Å². The zero-order chi connectivity index (χ0) is 16.5. The second-order valence-electron chi connectivity index (χ2n) is 6.50. The summed E-state index contributed by atoms with van der Waals surface area (Å²) in [4.78, 5) is 0.559. The molecule has 1 aliphatic heterocycles. The fraction of sp³-hybridized carbons (Fsp3) is 0.294. The van der Waals surface area contributed by atoms with Crippen LogP contribution in [0.4, 0.5) is 0 Å². The molecule has 0 radical (unpaired) electrons. The monoisotopic (exact) mass is 330 g/mol. The molecule has 120 valence electrons. The fourth-order valence-electron chi connectivity index (χ4n) is 2.42. The average Bonchev–Trinajstić information content (AvgIpc) is 2.56. The molecule has 2 aromatic rings. The maximum absolute atomic E-state index is 12.5. The van der Waals surface area contributed by atoms with Gasteiger partial charge in [-0.3, -0.25) is 0 Å². The maximum Gasteiger partial charge on any atom is 0.493 e. The standard InChI is InChI=1S/C17H19BO4S/c1-17(2)12-21-18(22-13-17)14-8-10-16(11-9-14)23(19,20)15-6-4-3-5-7-15/h3-11H,12-13H2,1-2H3. The first-order chi connectivity index (χ1) is 10.9. The van der Waals surface area contributed by atoms with Crippen LogP contribution in [0.1, 0.15) is 13.8 Å². The number of rotatable bonds is 3. The minimum absolute atomic E-state index is 0.00703. The Morgan fingerprint density at radius 1 is 0.870 bits per heavy atom. The summed E-state index contributed by atoms with van der Waals surface area (Å²) in [7, 11) is -3.92. The van der Waals surface area contributed by atoms with Crippen molar-refractivity contribution in [3.8, 4) is 0 Å². The lowest BCUT2D eigenvalue weighted by atomic mass is 9.76. The van der Waals surface area contributed by atoms with Crippen molar-refractivity contribution in [2.24, 2.45) is 5.41 Å². The molecule has 1 heterocycles. The third-order valence-corrected chi connectivity index (χ3v) is 5.55. The summed E-state index contributed by atoms with van der Waals surface area (Å²) >= 11 is 0. The zero-order valence-corrected chi connectivity index (χ0v) is 14.0. The van der Waals surface area contributed by atoms with Crippen LogP contribution in [0.25, 0.3) is 0 Å². The Morgan fingerprint density at radius 3 is 1.96 bits per heavy atom. The molecule has 0 atom stereocenters. The molecule has 1 fully saturated rings. The van der Waals surface area contributed by atoms with Gasteiger partial charge < -0.3 is 9.31 Å². The molecule has 3 rings (SSSR count). The highest BCUT2D eigenvalue weighted by Gasteiger charge is 2.33. The van der Waals surface area contributed by atoms with Gasteiger partial charge in [0.25, 0.3) is 0 Å². The normalized spacial score (nSPS) is 17.9. The minimum atomic E-state index is -3.49. The highest BCUT2D eigenvalue weighted by molar-refractivity contribution is 7.91. The van der Waals surface area contributed by atoms with Gasteiger partial charge in [-0.1, -0.05) is 44.2 Å². The van der Waals surface area contributed by atoms with Crippen LogP contribution in [0.3, 0.4) is 0 Å². The van der Waals surface area contributed by atoms with Gasteiger partial charge in [-0.15, -0.1) is 0 Å². The van der Waals surface area contributed by atoms with Crippen molar-refractivity contribution in [1.82, 2.24) is 0 Å². The third-order valence-electron chi connectivity index (χ3n) is 3.77. The summed E-state index contributed by atoms with van der Waals surface area (Å²) in [6, 6.07) is 15.1. The van der Waals surface area contributed by atoms with Crippen LogP contribution < -0.4 is 5.46 Å². The molecule has 0 spiro atoms. The highest BCUT2D eigenvalue weighted by atomic mass is 32.2. The van der Waals surface area contributed by atoms with Crippen molar-refractivity contribution in [3.63, 3.8) is 0 Å². The van der Waals surface area contributed by atoms with Crippen molar-refractivity contribution in [2.45, 2.75) is 23.6 Å². The fourth-order valence-corrected chi connectivity index (χ4v) is 3.71. The van der Waals surface area contributed by atoms with E-state index in [0.717, 1.165) is 5.46 Å². The van der Waals surface area contributed by atoms with Crippen molar-refractivity contribution in [1.29, 1.82) is 0 Å². The molecule has 0 amide bonds. The zero-order valence-electron chi connectivity index (χ0n) is 13.2. The smallest absolute Gasteiger partial charge is 0.407 e. The predicted octanol–water partition coefficient (Wildman–Crippen LogP) is 2.29. The van der Waals surface area contributed by atoms with Crippen LogP contribution in [-0.4, -0.2) is 28.7 Å². The first-order valence-corrected chi connectivity index (χ1v) is 9.00. The van der Waals surface area contributed by atoms with Gasteiger partial charge in [0.1, 0.15) is 0 Å². The molecule has 0 unspecified atom stereocenters. The van der Waals surface area contributed by atoms with Crippen LogP contribution >= 0.6 is 0 Å². The molecule has 0 bridgehead atoms. The van der Waals surface area contributed by atoms with Gasteiger partial charge in [0.05, 0.1) is 9.79 Å². The quantitative estimate of drug-likeness (QED) is 0.811. The van der Waals surface area contributed by atoms with Gasteiger partial charge in [-0.05, 0) is 29.7 Å². The molecule has 23 heavy (non-hydrogen) atoms. The van der Waals surface area contributed by atoms with E-state index < -0.39 is 17.0 Å². The van der Waals surface area contributed by atoms with E-state index in [2.05, 4.69) is 13.8 Å². The summed E-state index contributed by atoms with van der Waals surface area (Å²) in [5.41, 5.74) is 0.833. The molecule has 1 saturated heterocycles. The van der Waals surface area contributed by atoms with Crippen molar-refractivity contribution >= 4 is 22.4 Å². The lowest BCUT2D eigenvalue weighted by Gasteiger charge is -2.33. The Balaban J connectivity index is 1.80. The molecule has 4 nitrogen and oxygen atoms in total. The van der Waals surface area contributed by atoms with E-state index in [0.29, 0.717) is 18.1 Å². The number of sulfone groups is 1. The van der Waals surface area contributed by atoms with Crippen LogP contribution in [-0.2, 0) is 19.1 Å². The Hall–Kier alpha value is -1.63. The number of hydrogen-bond acceptors (Lipinski definition) is 4. The Labute approximate surface area is 137 Å². The molecule has 1 aliphatic rings.